The van der Waals surface area contributed by atoms with E-state index in [0.717, 1.165) is 5.56 Å². The van der Waals surface area contributed by atoms with Crippen molar-refractivity contribution in [2.45, 2.75) is 6.61 Å². The molecule has 0 aliphatic carbocycles. The molecular weight excluding hydrogens is 240 g/mol. The van der Waals surface area contributed by atoms with Gasteiger partial charge in [-0.1, -0.05) is 12.1 Å². The van der Waals surface area contributed by atoms with E-state index in [9.17, 15) is 9.59 Å². The Morgan fingerprint density at radius 1 is 1.29 bits per heavy atom. The molecule has 1 aromatic rings. The monoisotopic (exact) mass is 254 g/mol. The lowest BCUT2D eigenvalue weighted by Gasteiger charge is -2.06. The highest BCUT2D eigenvalue weighted by Gasteiger charge is 2.01. The number of rotatable bonds is 4. The van der Waals surface area contributed by atoms with E-state index in [1.807, 2.05) is 0 Å². The van der Waals surface area contributed by atoms with Gasteiger partial charge < -0.3 is 15.4 Å². The topological polar surface area (TPSA) is 67.4 Å². The number of carbonyl (C=O) groups is 2. The lowest BCUT2D eigenvalue weighted by molar-refractivity contribution is -0.141. The number of hydrogen-bond donors (Lipinski definition) is 3. The summed E-state index contributed by atoms with van der Waals surface area (Å²) in [6.45, 7) is 0.208. The van der Waals surface area contributed by atoms with Gasteiger partial charge in [-0.25, -0.2) is 4.79 Å². The van der Waals surface area contributed by atoms with Crippen LogP contribution < -0.4 is 10.6 Å². The largest absolute Gasteiger partial charge is 0.460 e. The number of urea groups is 1. The first-order valence-electron chi connectivity index (χ1n) is 5.00. The van der Waals surface area contributed by atoms with E-state index >= 15 is 0 Å². The number of anilines is 1. The molecule has 2 amide bonds. The van der Waals surface area contributed by atoms with E-state index in [1.165, 1.54) is 0 Å². The summed E-state index contributed by atoms with van der Waals surface area (Å²) in [5, 5.41) is 5.07. The summed E-state index contributed by atoms with van der Waals surface area (Å²) in [6.07, 6.45) is 0. The summed E-state index contributed by atoms with van der Waals surface area (Å²) < 4.78 is 4.90. The van der Waals surface area contributed by atoms with E-state index in [2.05, 4.69) is 23.3 Å². The van der Waals surface area contributed by atoms with Crippen molar-refractivity contribution in [3.05, 3.63) is 29.8 Å². The van der Waals surface area contributed by atoms with Gasteiger partial charge in [0.2, 0.25) is 0 Å². The van der Waals surface area contributed by atoms with Crippen LogP contribution in [0, 0.1) is 0 Å². The van der Waals surface area contributed by atoms with E-state index in [-0.39, 0.29) is 24.4 Å². The summed E-state index contributed by atoms with van der Waals surface area (Å²) in [7, 11) is 1.54. The van der Waals surface area contributed by atoms with Crippen molar-refractivity contribution in [3.63, 3.8) is 0 Å². The molecule has 0 radical (unpaired) electrons. The first-order chi connectivity index (χ1) is 8.15. The van der Waals surface area contributed by atoms with Crippen molar-refractivity contribution >= 4 is 30.3 Å². The normalized spacial score (nSPS) is 9.53. The van der Waals surface area contributed by atoms with Crippen LogP contribution in [-0.4, -0.2) is 24.8 Å². The van der Waals surface area contributed by atoms with E-state index in [4.69, 9.17) is 4.74 Å². The Hall–Kier alpha value is -1.69. The summed E-state index contributed by atoms with van der Waals surface area (Å²) in [5.41, 5.74) is 1.52. The predicted molar refractivity (Wildman–Crippen MR) is 68.2 cm³/mol. The number of hydrogen-bond acceptors (Lipinski definition) is 4. The zero-order chi connectivity index (χ0) is 12.7. The minimum absolute atomic E-state index is 0.0658. The van der Waals surface area contributed by atoms with Crippen molar-refractivity contribution in [2.24, 2.45) is 0 Å². The zero-order valence-corrected chi connectivity index (χ0v) is 10.3. The molecule has 0 fully saturated rings. The number of amides is 2. The Bertz CT molecular complexity index is 392. The highest BCUT2D eigenvalue weighted by Crippen LogP contribution is 2.10. The highest BCUT2D eigenvalue weighted by molar-refractivity contribution is 7.81. The second-order valence-corrected chi connectivity index (χ2v) is 3.54. The second kappa shape index (κ2) is 6.80. The third-order valence-electron chi connectivity index (χ3n) is 1.97. The number of esters is 1. The van der Waals surface area contributed by atoms with Crippen LogP contribution in [0.1, 0.15) is 5.56 Å². The minimum Gasteiger partial charge on any atom is -0.460 e. The van der Waals surface area contributed by atoms with Gasteiger partial charge in [-0.15, -0.1) is 0 Å². The van der Waals surface area contributed by atoms with E-state index < -0.39 is 0 Å². The van der Waals surface area contributed by atoms with Crippen molar-refractivity contribution in [1.82, 2.24) is 5.32 Å². The molecular formula is C11H14N2O3S. The van der Waals surface area contributed by atoms with Gasteiger partial charge in [0.15, 0.2) is 0 Å². The molecule has 0 aliphatic heterocycles. The van der Waals surface area contributed by atoms with Gasteiger partial charge in [-0.3, -0.25) is 4.79 Å². The molecule has 0 atom stereocenters. The standard InChI is InChI=1S/C11H14N2O3S/c1-12-11(15)13-9-4-2-8(3-5-9)6-16-10(14)7-17/h2-5,17H,6-7H2,1H3,(H2,12,13,15). The van der Waals surface area contributed by atoms with Gasteiger partial charge >= 0.3 is 12.0 Å². The van der Waals surface area contributed by atoms with Crippen LogP contribution in [-0.2, 0) is 16.1 Å². The third-order valence-corrected chi connectivity index (χ3v) is 2.23. The van der Waals surface area contributed by atoms with Gasteiger partial charge in [-0.05, 0) is 17.7 Å². The average molecular weight is 254 g/mol. The molecule has 0 saturated heterocycles. The molecule has 0 saturated carbocycles. The molecule has 0 unspecified atom stereocenters. The number of carbonyl (C=O) groups excluding carboxylic acids is 2. The van der Waals surface area contributed by atoms with Gasteiger partial charge in [0, 0.05) is 12.7 Å². The van der Waals surface area contributed by atoms with Crippen LogP contribution in [0.3, 0.4) is 0 Å². The third kappa shape index (κ3) is 4.78. The van der Waals surface area contributed by atoms with Crippen LogP contribution in [0.25, 0.3) is 0 Å². The molecule has 5 nitrogen and oxygen atoms in total. The second-order valence-electron chi connectivity index (χ2n) is 3.22. The lowest BCUT2D eigenvalue weighted by Crippen LogP contribution is -2.24. The maximum Gasteiger partial charge on any atom is 0.318 e. The fourth-order valence-electron chi connectivity index (χ4n) is 1.09. The van der Waals surface area contributed by atoms with Crippen LogP contribution in [0.5, 0.6) is 0 Å². The summed E-state index contributed by atoms with van der Waals surface area (Å²) >= 11 is 3.80. The minimum atomic E-state index is -0.360. The lowest BCUT2D eigenvalue weighted by atomic mass is 10.2. The molecule has 0 spiro atoms. The Kier molecular flexibility index (Phi) is 5.35. The quantitative estimate of drug-likeness (QED) is 0.562. The van der Waals surface area contributed by atoms with E-state index in [0.29, 0.717) is 5.69 Å². The molecule has 2 N–H and O–H groups in total. The average Bonchev–Trinajstić information content (AvgIpc) is 2.37. The first-order valence-corrected chi connectivity index (χ1v) is 5.63. The Morgan fingerprint density at radius 2 is 1.94 bits per heavy atom. The molecule has 17 heavy (non-hydrogen) atoms. The maximum atomic E-state index is 11.0. The molecule has 92 valence electrons. The summed E-state index contributed by atoms with van der Waals surface area (Å²) in [4.78, 5) is 21.9. The summed E-state index contributed by atoms with van der Waals surface area (Å²) in [6, 6.07) is 6.74. The molecule has 0 aromatic heterocycles. The molecule has 6 heteroatoms. The molecule has 0 aliphatic rings. The van der Waals surface area contributed by atoms with Crippen molar-refractivity contribution in [3.8, 4) is 0 Å². The Balaban J connectivity index is 2.50. The first kappa shape index (κ1) is 13.4. The number of nitrogens with one attached hydrogen (secondary N) is 2. The zero-order valence-electron chi connectivity index (χ0n) is 9.40. The highest BCUT2D eigenvalue weighted by atomic mass is 32.1. The van der Waals surface area contributed by atoms with Crippen molar-refractivity contribution in [1.29, 1.82) is 0 Å². The molecule has 0 heterocycles. The van der Waals surface area contributed by atoms with Crippen molar-refractivity contribution < 1.29 is 14.3 Å². The van der Waals surface area contributed by atoms with Crippen LogP contribution >= 0.6 is 12.6 Å². The van der Waals surface area contributed by atoms with Gasteiger partial charge in [0.1, 0.15) is 6.61 Å². The number of thiol groups is 1. The van der Waals surface area contributed by atoms with Gasteiger partial charge in [0.05, 0.1) is 5.75 Å². The molecule has 1 rings (SSSR count). The van der Waals surface area contributed by atoms with Crippen molar-refractivity contribution in [2.75, 3.05) is 18.1 Å². The fourth-order valence-corrected chi connectivity index (χ4v) is 1.18. The Labute approximate surface area is 105 Å². The summed E-state index contributed by atoms with van der Waals surface area (Å²) in [5.74, 6) is -0.294. The van der Waals surface area contributed by atoms with Crippen LogP contribution in [0.4, 0.5) is 10.5 Å². The van der Waals surface area contributed by atoms with Gasteiger partial charge in [0.25, 0.3) is 0 Å². The van der Waals surface area contributed by atoms with Crippen LogP contribution in [0.15, 0.2) is 24.3 Å². The SMILES string of the molecule is CNC(=O)Nc1ccc(COC(=O)CS)cc1. The smallest absolute Gasteiger partial charge is 0.318 e. The van der Waals surface area contributed by atoms with Crippen LogP contribution in [0.2, 0.25) is 0 Å². The predicted octanol–water partition coefficient (Wildman–Crippen LogP) is 1.41. The molecule has 0 bridgehead atoms. The maximum absolute atomic E-state index is 11.0. The van der Waals surface area contributed by atoms with Gasteiger partial charge in [-0.2, -0.15) is 12.6 Å². The fraction of sp³-hybridized carbons (Fsp3) is 0.273. The Morgan fingerprint density at radius 3 is 2.47 bits per heavy atom. The number of ether oxygens (including phenoxy) is 1. The number of benzene rings is 1. The molecule has 1 aromatic carbocycles. The van der Waals surface area contributed by atoms with E-state index in [1.54, 1.807) is 31.3 Å².